The molecular weight excluding hydrogens is 362 g/mol. The minimum Gasteiger partial charge on any atom is -0.122 e. The molecular formula is C25H55P2+. The molecule has 0 aromatic carbocycles. The topological polar surface area (TPSA) is 0 Å². The zero-order valence-corrected chi connectivity index (χ0v) is 21.7. The average Bonchev–Trinajstić information content (AvgIpc) is 2.65. The average molecular weight is 418 g/mol. The highest BCUT2D eigenvalue weighted by Gasteiger charge is 2.22. The fourth-order valence-electron chi connectivity index (χ4n) is 3.97. The van der Waals surface area contributed by atoms with Crippen LogP contribution >= 0.6 is 15.8 Å². The van der Waals surface area contributed by atoms with Gasteiger partial charge in [0.15, 0.2) is 0 Å². The third-order valence-electron chi connectivity index (χ3n) is 6.08. The van der Waals surface area contributed by atoms with Crippen molar-refractivity contribution in [3.05, 3.63) is 0 Å². The summed E-state index contributed by atoms with van der Waals surface area (Å²) in [6.07, 6.45) is 31.2. The van der Waals surface area contributed by atoms with Crippen molar-refractivity contribution >= 4 is 15.8 Å². The predicted octanol–water partition coefficient (Wildman–Crippen LogP) is 9.61. The van der Waals surface area contributed by atoms with Crippen molar-refractivity contribution in [2.45, 2.75) is 122 Å². The molecule has 0 aromatic heterocycles. The Morgan fingerprint density at radius 3 is 1.15 bits per heavy atom. The first-order valence-electron chi connectivity index (χ1n) is 12.6. The SMILES string of the molecule is CCCCCCCCCCCCCCCCCCCC[P+](C)(C)CCPC. The molecule has 0 aromatic rings. The van der Waals surface area contributed by atoms with Crippen LogP contribution in [-0.2, 0) is 0 Å². The molecule has 0 radical (unpaired) electrons. The molecule has 0 aliphatic heterocycles. The molecule has 0 fully saturated rings. The third-order valence-corrected chi connectivity index (χ3v) is 10.2. The normalized spacial score (nSPS) is 12.4. The van der Waals surface area contributed by atoms with Crippen LogP contribution in [0.2, 0.25) is 0 Å². The summed E-state index contributed by atoms with van der Waals surface area (Å²) >= 11 is 0. The van der Waals surface area contributed by atoms with E-state index in [1.807, 2.05) is 0 Å². The third kappa shape index (κ3) is 23.0. The van der Waals surface area contributed by atoms with E-state index < -0.39 is 7.26 Å². The van der Waals surface area contributed by atoms with E-state index in [9.17, 15) is 0 Å². The minimum atomic E-state index is -0.543. The van der Waals surface area contributed by atoms with Crippen LogP contribution in [0.4, 0.5) is 0 Å². The molecule has 0 saturated carbocycles. The van der Waals surface area contributed by atoms with E-state index in [1.54, 1.807) is 12.3 Å². The number of hydrogen-bond donors (Lipinski definition) is 0. The van der Waals surface area contributed by atoms with Crippen molar-refractivity contribution in [1.82, 2.24) is 0 Å². The molecule has 0 bridgehead atoms. The molecule has 1 unspecified atom stereocenters. The summed E-state index contributed by atoms with van der Waals surface area (Å²) in [6.45, 7) is 9.83. The van der Waals surface area contributed by atoms with Crippen LogP contribution in [0.1, 0.15) is 122 Å². The lowest BCUT2D eigenvalue weighted by Gasteiger charge is -2.17. The Morgan fingerprint density at radius 2 is 0.815 bits per heavy atom. The molecule has 0 rings (SSSR count). The molecule has 164 valence electrons. The lowest BCUT2D eigenvalue weighted by molar-refractivity contribution is 0.526. The van der Waals surface area contributed by atoms with Crippen LogP contribution in [0.15, 0.2) is 0 Å². The van der Waals surface area contributed by atoms with Gasteiger partial charge in [0.05, 0.1) is 12.3 Å². The van der Waals surface area contributed by atoms with Gasteiger partial charge in [0, 0.05) is 20.6 Å². The molecule has 0 amide bonds. The fourth-order valence-corrected chi connectivity index (χ4v) is 8.59. The van der Waals surface area contributed by atoms with E-state index in [0.717, 1.165) is 8.58 Å². The standard InChI is InChI=1S/C25H55P2/c1-5-6-7-8-9-10-11-12-13-14-15-16-17-18-19-20-21-22-24-27(3,4)25-23-26-2/h26H,5-25H2,1-4H3/q+1. The van der Waals surface area contributed by atoms with Gasteiger partial charge in [-0.25, -0.2) is 0 Å². The largest absolute Gasteiger partial charge is 0.122 e. The summed E-state index contributed by atoms with van der Waals surface area (Å²) in [5.74, 6) is 0. The maximum atomic E-state index is 2.58. The van der Waals surface area contributed by atoms with Gasteiger partial charge in [0.1, 0.15) is 0 Å². The minimum absolute atomic E-state index is 0.543. The monoisotopic (exact) mass is 417 g/mol. The summed E-state index contributed by atoms with van der Waals surface area (Å²) in [6, 6.07) is 0. The Kier molecular flexibility index (Phi) is 22.3. The molecule has 0 spiro atoms. The van der Waals surface area contributed by atoms with Crippen molar-refractivity contribution < 1.29 is 0 Å². The van der Waals surface area contributed by atoms with Crippen LogP contribution in [0.5, 0.6) is 0 Å². The van der Waals surface area contributed by atoms with Gasteiger partial charge < -0.3 is 0 Å². The molecule has 27 heavy (non-hydrogen) atoms. The van der Waals surface area contributed by atoms with Crippen molar-refractivity contribution in [3.63, 3.8) is 0 Å². The quantitative estimate of drug-likeness (QED) is 0.121. The maximum absolute atomic E-state index is 2.58. The van der Waals surface area contributed by atoms with E-state index in [0.29, 0.717) is 0 Å². The van der Waals surface area contributed by atoms with Crippen LogP contribution in [0.25, 0.3) is 0 Å². The zero-order valence-electron chi connectivity index (χ0n) is 19.8. The molecule has 0 saturated heterocycles. The molecule has 0 N–H and O–H groups in total. The van der Waals surface area contributed by atoms with Gasteiger partial charge in [0.2, 0.25) is 0 Å². The molecule has 0 aliphatic rings. The second kappa shape index (κ2) is 21.6. The van der Waals surface area contributed by atoms with Crippen molar-refractivity contribution in [2.24, 2.45) is 0 Å². The second-order valence-electron chi connectivity index (χ2n) is 9.50. The van der Waals surface area contributed by atoms with E-state index in [1.165, 1.54) is 122 Å². The van der Waals surface area contributed by atoms with Crippen LogP contribution < -0.4 is 0 Å². The van der Waals surface area contributed by atoms with Gasteiger partial charge in [-0.15, -0.1) is 8.58 Å². The molecule has 1 atom stereocenters. The Balaban J connectivity index is 3.13. The van der Waals surface area contributed by atoms with Gasteiger partial charge in [-0.3, -0.25) is 0 Å². The van der Waals surface area contributed by atoms with Gasteiger partial charge >= 0.3 is 0 Å². The van der Waals surface area contributed by atoms with Crippen LogP contribution in [0.3, 0.4) is 0 Å². The first-order chi connectivity index (χ1) is 13.1. The highest BCUT2D eigenvalue weighted by Crippen LogP contribution is 2.52. The van der Waals surface area contributed by atoms with E-state index in [4.69, 9.17) is 0 Å². The highest BCUT2D eigenvalue weighted by atomic mass is 31.2. The summed E-state index contributed by atoms with van der Waals surface area (Å²) in [5.41, 5.74) is 0. The summed E-state index contributed by atoms with van der Waals surface area (Å²) < 4.78 is 0. The first-order valence-corrected chi connectivity index (χ1v) is 17.3. The zero-order chi connectivity index (χ0) is 20.1. The molecule has 0 heterocycles. The van der Waals surface area contributed by atoms with Crippen molar-refractivity contribution in [2.75, 3.05) is 38.5 Å². The van der Waals surface area contributed by atoms with Crippen LogP contribution in [-0.4, -0.2) is 38.5 Å². The Morgan fingerprint density at radius 1 is 0.481 bits per heavy atom. The summed E-state index contributed by atoms with van der Waals surface area (Å²) in [4.78, 5) is 0. The van der Waals surface area contributed by atoms with Gasteiger partial charge in [-0.05, 0) is 25.7 Å². The van der Waals surface area contributed by atoms with Gasteiger partial charge in [0.25, 0.3) is 0 Å². The number of unbranched alkanes of at least 4 members (excludes halogenated alkanes) is 17. The maximum Gasteiger partial charge on any atom is 0.0625 e. The Labute approximate surface area is 176 Å². The lowest BCUT2D eigenvalue weighted by Crippen LogP contribution is -2.02. The van der Waals surface area contributed by atoms with Crippen molar-refractivity contribution in [3.8, 4) is 0 Å². The first kappa shape index (κ1) is 27.9. The summed E-state index contributed by atoms with van der Waals surface area (Å²) in [5, 5.41) is 0. The predicted molar refractivity (Wildman–Crippen MR) is 136 cm³/mol. The fraction of sp³-hybridized carbons (Fsp3) is 1.00. The lowest BCUT2D eigenvalue weighted by atomic mass is 10.0. The van der Waals surface area contributed by atoms with Crippen molar-refractivity contribution in [1.29, 1.82) is 0 Å². The summed E-state index contributed by atoms with van der Waals surface area (Å²) in [7, 11) is 0.619. The Hall–Kier alpha value is 0.860. The van der Waals surface area contributed by atoms with E-state index in [2.05, 4.69) is 26.9 Å². The van der Waals surface area contributed by atoms with Crippen LogP contribution in [0, 0.1) is 0 Å². The van der Waals surface area contributed by atoms with Gasteiger partial charge in [-0.1, -0.05) is 110 Å². The van der Waals surface area contributed by atoms with E-state index >= 15 is 0 Å². The second-order valence-corrected chi connectivity index (χ2v) is 15.5. The number of hydrogen-bond acceptors (Lipinski definition) is 0. The van der Waals surface area contributed by atoms with E-state index in [-0.39, 0.29) is 0 Å². The molecule has 0 nitrogen and oxygen atoms in total. The molecule has 0 aliphatic carbocycles. The number of rotatable bonds is 22. The Bertz CT molecular complexity index is 275. The highest BCUT2D eigenvalue weighted by molar-refractivity contribution is 7.74. The smallest absolute Gasteiger partial charge is 0.0625 e. The van der Waals surface area contributed by atoms with Gasteiger partial charge in [-0.2, -0.15) is 0 Å². The molecule has 2 heteroatoms.